The fraction of sp³-hybridized carbons (Fsp3) is 0.219. The van der Waals surface area contributed by atoms with Crippen molar-refractivity contribution in [3.63, 3.8) is 0 Å². The molecule has 6 aromatic rings. The third-order valence-corrected chi connectivity index (χ3v) is 9.14. The number of unbranched alkanes of at least 4 members (excludes halogenated alkanes) is 1. The number of benzene rings is 3. The fourth-order valence-corrected chi connectivity index (χ4v) is 6.59. The lowest BCUT2D eigenvalue weighted by molar-refractivity contribution is 0.0697. The van der Waals surface area contributed by atoms with Gasteiger partial charge in [-0.1, -0.05) is 48.8 Å². The Balaban J connectivity index is 1.47. The van der Waals surface area contributed by atoms with E-state index in [1.807, 2.05) is 41.1 Å². The molecule has 0 fully saturated rings. The maximum Gasteiger partial charge on any atom is 0.335 e. The third-order valence-electron chi connectivity index (χ3n) is 7.75. The van der Waals surface area contributed by atoms with Crippen LogP contribution in [0.2, 0.25) is 0 Å². The molecule has 0 aliphatic rings. The van der Waals surface area contributed by atoms with Gasteiger partial charge in [-0.05, 0) is 62.2 Å². The van der Waals surface area contributed by atoms with Gasteiger partial charge >= 0.3 is 5.97 Å². The summed E-state index contributed by atoms with van der Waals surface area (Å²) in [6, 6.07) is 19.7. The molecule has 0 radical (unpaired) electrons. The molecule has 10 nitrogen and oxygen atoms in total. The van der Waals surface area contributed by atoms with Crippen LogP contribution in [0.15, 0.2) is 82.3 Å². The molecule has 0 saturated carbocycles. The van der Waals surface area contributed by atoms with Gasteiger partial charge in [0, 0.05) is 23.6 Å². The number of aryl methyl sites for hydroxylation is 2. The average Bonchev–Trinajstić information content (AvgIpc) is 3.65. The number of fused-ring (bicyclic) bond motifs is 2. The third kappa shape index (κ3) is 5.16. The summed E-state index contributed by atoms with van der Waals surface area (Å²) in [7, 11) is -4.02. The number of aromatic carboxylic acids is 1. The number of hydrogen-bond donors (Lipinski definition) is 2. The van der Waals surface area contributed by atoms with E-state index >= 15 is 0 Å². The minimum absolute atomic E-state index is 0.0975. The number of hydrogen-bond acceptors (Lipinski definition) is 6. The molecule has 6 rings (SSSR count). The van der Waals surface area contributed by atoms with Crippen molar-refractivity contribution in [1.82, 2.24) is 19.3 Å². The molecule has 0 bridgehead atoms. The summed E-state index contributed by atoms with van der Waals surface area (Å²) in [5.74, 6) is 0.577. The van der Waals surface area contributed by atoms with Gasteiger partial charge in [0.25, 0.3) is 10.0 Å². The molecular formula is C32H31N5O5S. The summed E-state index contributed by atoms with van der Waals surface area (Å²) >= 11 is 0. The largest absolute Gasteiger partial charge is 0.478 e. The van der Waals surface area contributed by atoms with Crippen molar-refractivity contribution in [2.75, 3.05) is 4.72 Å². The van der Waals surface area contributed by atoms with Crippen LogP contribution in [0.3, 0.4) is 0 Å². The molecule has 3 aromatic carbocycles. The predicted molar refractivity (Wildman–Crippen MR) is 164 cm³/mol. The first-order chi connectivity index (χ1) is 20.7. The minimum atomic E-state index is -4.02. The quantitative estimate of drug-likeness (QED) is 0.185. The molecule has 3 aromatic heterocycles. The lowest BCUT2D eigenvalue weighted by atomic mass is 10.1. The van der Waals surface area contributed by atoms with E-state index in [2.05, 4.69) is 21.4 Å². The van der Waals surface area contributed by atoms with Gasteiger partial charge < -0.3 is 18.8 Å². The molecule has 2 N–H and O–H groups in total. The fourth-order valence-electron chi connectivity index (χ4n) is 5.34. The van der Waals surface area contributed by atoms with Crippen LogP contribution in [-0.4, -0.2) is 38.8 Å². The molecule has 0 saturated heterocycles. The molecule has 220 valence electrons. The molecule has 0 unspecified atom stereocenters. The van der Waals surface area contributed by atoms with E-state index in [4.69, 9.17) is 9.51 Å². The zero-order valence-corrected chi connectivity index (χ0v) is 24.9. The van der Waals surface area contributed by atoms with Crippen molar-refractivity contribution in [2.24, 2.45) is 0 Å². The number of para-hydroxylation sites is 2. The zero-order chi connectivity index (χ0) is 30.3. The van der Waals surface area contributed by atoms with Crippen molar-refractivity contribution < 1.29 is 22.8 Å². The van der Waals surface area contributed by atoms with E-state index in [9.17, 15) is 18.3 Å². The summed E-state index contributed by atoms with van der Waals surface area (Å²) in [5.41, 5.74) is 4.60. The second-order valence-electron chi connectivity index (χ2n) is 10.6. The van der Waals surface area contributed by atoms with Gasteiger partial charge in [-0.2, -0.15) is 0 Å². The topological polar surface area (TPSA) is 132 Å². The van der Waals surface area contributed by atoms with Gasteiger partial charge in [0.15, 0.2) is 5.82 Å². The predicted octanol–water partition coefficient (Wildman–Crippen LogP) is 6.47. The van der Waals surface area contributed by atoms with E-state index in [0.717, 1.165) is 47.1 Å². The van der Waals surface area contributed by atoms with Gasteiger partial charge in [-0.15, -0.1) is 0 Å². The van der Waals surface area contributed by atoms with Crippen LogP contribution < -0.4 is 4.72 Å². The highest BCUT2D eigenvalue weighted by Crippen LogP contribution is 2.32. The van der Waals surface area contributed by atoms with E-state index in [0.29, 0.717) is 29.1 Å². The van der Waals surface area contributed by atoms with Crippen molar-refractivity contribution in [3.05, 3.63) is 101 Å². The Morgan fingerprint density at radius 1 is 1.02 bits per heavy atom. The number of sulfonamides is 1. The van der Waals surface area contributed by atoms with Gasteiger partial charge in [0.05, 0.1) is 34.3 Å². The Kier molecular flexibility index (Phi) is 7.26. The van der Waals surface area contributed by atoms with Crippen LogP contribution in [0.4, 0.5) is 5.82 Å². The van der Waals surface area contributed by atoms with Gasteiger partial charge in [0.2, 0.25) is 0 Å². The molecule has 0 atom stereocenters. The SMILES string of the molecule is CCCCc1nc2cc(C(=O)O)ccc2n1Cc1cn(-c2ccccc2S(=O)(=O)Nc2noc(C)c2C)c2ccccc12. The molecule has 0 amide bonds. The van der Waals surface area contributed by atoms with E-state index in [-0.39, 0.29) is 16.3 Å². The molecule has 0 spiro atoms. The number of carboxylic acids is 1. The van der Waals surface area contributed by atoms with Crippen LogP contribution in [0.25, 0.3) is 27.6 Å². The number of nitrogens with one attached hydrogen (secondary N) is 1. The van der Waals surface area contributed by atoms with Gasteiger partial charge in [0.1, 0.15) is 16.5 Å². The lowest BCUT2D eigenvalue weighted by Gasteiger charge is -2.13. The molecule has 0 aliphatic heterocycles. The molecule has 11 heteroatoms. The van der Waals surface area contributed by atoms with Gasteiger partial charge in [-0.3, -0.25) is 4.72 Å². The van der Waals surface area contributed by atoms with Crippen LogP contribution in [0, 0.1) is 13.8 Å². The summed E-state index contributed by atoms with van der Waals surface area (Å²) in [4.78, 5) is 16.5. The van der Waals surface area contributed by atoms with Gasteiger partial charge in [-0.25, -0.2) is 18.2 Å². The van der Waals surface area contributed by atoms with Crippen LogP contribution in [-0.2, 0) is 23.0 Å². The highest BCUT2D eigenvalue weighted by atomic mass is 32.2. The second-order valence-corrected chi connectivity index (χ2v) is 12.2. The summed E-state index contributed by atoms with van der Waals surface area (Å²) in [6.45, 7) is 6.07. The number of imidazole rings is 1. The Labute approximate surface area is 248 Å². The number of aromatic nitrogens is 4. The second kappa shape index (κ2) is 11.1. The van der Waals surface area contributed by atoms with Crippen LogP contribution in [0.1, 0.15) is 52.8 Å². The first-order valence-corrected chi connectivity index (χ1v) is 15.5. The lowest BCUT2D eigenvalue weighted by Crippen LogP contribution is -2.16. The molecule has 0 aliphatic carbocycles. The first kappa shape index (κ1) is 28.2. The molecular weight excluding hydrogens is 566 g/mol. The highest BCUT2D eigenvalue weighted by molar-refractivity contribution is 7.92. The van der Waals surface area contributed by atoms with Crippen molar-refractivity contribution in [1.29, 1.82) is 0 Å². The van der Waals surface area contributed by atoms with Crippen molar-refractivity contribution in [3.8, 4) is 5.69 Å². The summed E-state index contributed by atoms with van der Waals surface area (Å²) in [6.07, 6.45) is 4.65. The number of anilines is 1. The number of rotatable bonds is 10. The van der Waals surface area contributed by atoms with Crippen LogP contribution in [0.5, 0.6) is 0 Å². The maximum atomic E-state index is 13.7. The Hall–Kier alpha value is -4.90. The normalized spacial score (nSPS) is 11.9. The van der Waals surface area contributed by atoms with E-state index in [1.54, 1.807) is 50.2 Å². The van der Waals surface area contributed by atoms with Crippen LogP contribution >= 0.6 is 0 Å². The summed E-state index contributed by atoms with van der Waals surface area (Å²) in [5, 5.41) is 14.4. The molecule has 43 heavy (non-hydrogen) atoms. The van der Waals surface area contributed by atoms with E-state index in [1.165, 1.54) is 0 Å². The minimum Gasteiger partial charge on any atom is -0.478 e. The Bertz CT molecular complexity index is 2110. The number of carbonyl (C=O) groups is 1. The first-order valence-electron chi connectivity index (χ1n) is 14.0. The maximum absolute atomic E-state index is 13.7. The number of nitrogens with zero attached hydrogens (tertiary/aromatic N) is 4. The molecule has 3 heterocycles. The Morgan fingerprint density at radius 3 is 2.53 bits per heavy atom. The smallest absolute Gasteiger partial charge is 0.335 e. The van der Waals surface area contributed by atoms with E-state index < -0.39 is 16.0 Å². The monoisotopic (exact) mass is 597 g/mol. The van der Waals surface area contributed by atoms with Crippen molar-refractivity contribution in [2.45, 2.75) is 51.5 Å². The highest BCUT2D eigenvalue weighted by Gasteiger charge is 2.24. The average molecular weight is 598 g/mol. The Morgan fingerprint density at radius 2 is 1.79 bits per heavy atom. The van der Waals surface area contributed by atoms with Crippen molar-refractivity contribution >= 4 is 43.7 Å². The number of carboxylic acid groups (broad SMARTS) is 1. The summed E-state index contributed by atoms with van der Waals surface area (Å²) < 4.78 is 39.1. The standard InChI is InChI=1S/C32H31N5O5S/c1-4-5-14-30-33-25-17-22(32(38)39)15-16-27(25)37(30)19-23-18-36(26-11-7-6-10-24(23)26)28-12-8-9-13-29(28)43(40,41)35-31-20(2)21(3)42-34-31/h6-13,15-18H,4-5,14,19H2,1-3H3,(H,34,35)(H,38,39). The zero-order valence-electron chi connectivity index (χ0n) is 24.0.